The molecule has 0 radical (unpaired) electrons. The summed E-state index contributed by atoms with van der Waals surface area (Å²) in [6.45, 7) is 3.68. The summed E-state index contributed by atoms with van der Waals surface area (Å²) in [4.78, 5) is 0. The van der Waals surface area contributed by atoms with Gasteiger partial charge in [0, 0.05) is 6.54 Å². The molecule has 0 atom stereocenters. The number of primary sulfonamides is 1. The molecule has 0 aliphatic rings. The van der Waals surface area contributed by atoms with Crippen molar-refractivity contribution in [3.63, 3.8) is 0 Å². The number of aromatic nitrogens is 3. The first-order chi connectivity index (χ1) is 9.00. The van der Waals surface area contributed by atoms with Crippen LogP contribution in [0.15, 0.2) is 28.0 Å². The quantitative estimate of drug-likeness (QED) is 0.761. The van der Waals surface area contributed by atoms with Gasteiger partial charge in [0.25, 0.3) is 10.0 Å². The summed E-state index contributed by atoms with van der Waals surface area (Å²) in [6.07, 6.45) is 1.66. The van der Waals surface area contributed by atoms with E-state index in [9.17, 15) is 8.42 Å². The molecule has 2 heterocycles. The highest BCUT2D eigenvalue weighted by atomic mass is 32.2. The molecule has 0 aromatic carbocycles. The number of sulfonamides is 1. The zero-order chi connectivity index (χ0) is 13.9. The summed E-state index contributed by atoms with van der Waals surface area (Å²) in [5.74, 6) is 1.30. The summed E-state index contributed by atoms with van der Waals surface area (Å²) in [5, 5.41) is 15.6. The molecule has 3 N–H and O–H groups in total. The molecule has 0 spiro atoms. The number of nitrogens with one attached hydrogen (secondary N) is 1. The van der Waals surface area contributed by atoms with Gasteiger partial charge in [-0.05, 0) is 19.1 Å². The predicted octanol–water partition coefficient (Wildman–Crippen LogP) is -0.172. The monoisotopic (exact) mass is 285 g/mol. The fourth-order valence-corrected chi connectivity index (χ4v) is 2.06. The van der Waals surface area contributed by atoms with Crippen molar-refractivity contribution in [3.05, 3.63) is 30.0 Å². The van der Waals surface area contributed by atoms with E-state index in [-0.39, 0.29) is 5.09 Å². The van der Waals surface area contributed by atoms with E-state index < -0.39 is 10.0 Å². The smallest absolute Gasteiger partial charge is 0.271 e. The summed E-state index contributed by atoms with van der Waals surface area (Å²) in [7, 11) is -3.78. The largest absolute Gasteiger partial charge is 0.447 e. The number of rotatable bonds is 6. The molecule has 8 nitrogen and oxygen atoms in total. The van der Waals surface area contributed by atoms with Gasteiger partial charge in [-0.15, -0.1) is 10.2 Å². The second-order valence-electron chi connectivity index (χ2n) is 3.90. The first-order valence-corrected chi connectivity index (χ1v) is 7.24. The Bertz CT molecular complexity index is 646. The van der Waals surface area contributed by atoms with Gasteiger partial charge in [0.2, 0.25) is 5.09 Å². The summed E-state index contributed by atoms with van der Waals surface area (Å²) >= 11 is 0. The van der Waals surface area contributed by atoms with Gasteiger partial charge in [-0.1, -0.05) is 0 Å². The highest BCUT2D eigenvalue weighted by Crippen LogP contribution is 2.11. The number of hydrogen-bond donors (Lipinski definition) is 2. The van der Waals surface area contributed by atoms with Crippen LogP contribution < -0.4 is 10.5 Å². The Morgan fingerprint density at radius 3 is 2.84 bits per heavy atom. The third kappa shape index (κ3) is 3.40. The van der Waals surface area contributed by atoms with Gasteiger partial charge in [0.05, 0.1) is 13.1 Å². The number of nitrogens with zero attached hydrogens (tertiary/aromatic N) is 3. The molecule has 0 unspecified atom stereocenters. The third-order valence-electron chi connectivity index (χ3n) is 2.54. The highest BCUT2D eigenvalue weighted by Gasteiger charge is 2.13. The van der Waals surface area contributed by atoms with Gasteiger partial charge in [0.15, 0.2) is 0 Å². The van der Waals surface area contributed by atoms with Crippen molar-refractivity contribution in [2.45, 2.75) is 31.7 Å². The van der Waals surface area contributed by atoms with Crippen LogP contribution in [0.4, 0.5) is 0 Å². The Morgan fingerprint density at radius 1 is 1.42 bits per heavy atom. The van der Waals surface area contributed by atoms with Gasteiger partial charge in [-0.2, -0.15) is 0 Å². The van der Waals surface area contributed by atoms with E-state index in [0.717, 1.165) is 12.4 Å². The summed E-state index contributed by atoms with van der Waals surface area (Å²) < 4.78 is 29.1. The Morgan fingerprint density at radius 2 is 2.21 bits per heavy atom. The molecular weight excluding hydrogens is 270 g/mol. The lowest BCUT2D eigenvalue weighted by atomic mass is 10.4. The van der Waals surface area contributed by atoms with Crippen molar-refractivity contribution in [2.75, 3.05) is 0 Å². The fraction of sp³-hybridized carbons (Fsp3) is 0.400. The maximum absolute atomic E-state index is 11.0. The number of hydrogen-bond acceptors (Lipinski definition) is 6. The van der Waals surface area contributed by atoms with Crippen LogP contribution in [0.3, 0.4) is 0 Å². The van der Waals surface area contributed by atoms with Gasteiger partial charge >= 0.3 is 0 Å². The highest BCUT2D eigenvalue weighted by molar-refractivity contribution is 7.89. The first-order valence-electron chi connectivity index (χ1n) is 5.69. The summed E-state index contributed by atoms with van der Waals surface area (Å²) in [6, 6.07) is 2.90. The maximum atomic E-state index is 11.0. The molecule has 2 aromatic heterocycles. The van der Waals surface area contributed by atoms with E-state index in [1.807, 2.05) is 11.5 Å². The number of aryl methyl sites for hydroxylation is 1. The van der Waals surface area contributed by atoms with Crippen molar-refractivity contribution < 1.29 is 12.8 Å². The van der Waals surface area contributed by atoms with Gasteiger partial charge in [0.1, 0.15) is 17.9 Å². The zero-order valence-corrected chi connectivity index (χ0v) is 11.2. The molecule has 19 heavy (non-hydrogen) atoms. The normalized spacial score (nSPS) is 11.9. The molecule has 9 heteroatoms. The second kappa shape index (κ2) is 5.51. The Hall–Kier alpha value is -1.71. The van der Waals surface area contributed by atoms with E-state index in [2.05, 4.69) is 15.5 Å². The SMILES string of the molecule is CCn1cnnc1CNCc1ccc(S(N)(=O)=O)o1. The average Bonchev–Trinajstić information content (AvgIpc) is 2.96. The predicted molar refractivity (Wildman–Crippen MR) is 66.3 cm³/mol. The lowest BCUT2D eigenvalue weighted by Gasteiger charge is -2.03. The van der Waals surface area contributed by atoms with Crippen LogP contribution in [0.5, 0.6) is 0 Å². The van der Waals surface area contributed by atoms with E-state index in [1.165, 1.54) is 6.07 Å². The third-order valence-corrected chi connectivity index (χ3v) is 3.32. The average molecular weight is 285 g/mol. The van der Waals surface area contributed by atoms with Crippen LogP contribution in [0.2, 0.25) is 0 Å². The van der Waals surface area contributed by atoms with Crippen molar-refractivity contribution >= 4 is 10.0 Å². The standard InChI is InChI=1S/C10H15N5O3S/c1-2-15-7-13-14-9(15)6-12-5-8-3-4-10(18-8)19(11,16)17/h3-4,7,12H,2,5-6H2,1H3,(H2,11,16,17). The second-order valence-corrected chi connectivity index (χ2v) is 5.39. The first kappa shape index (κ1) is 13.7. The van der Waals surface area contributed by atoms with Crippen LogP contribution in [0, 0.1) is 0 Å². The van der Waals surface area contributed by atoms with Crippen LogP contribution in [0.25, 0.3) is 0 Å². The minimum absolute atomic E-state index is 0.235. The molecule has 0 aliphatic carbocycles. The van der Waals surface area contributed by atoms with Crippen LogP contribution >= 0.6 is 0 Å². The molecule has 0 aliphatic heterocycles. The lowest BCUT2D eigenvalue weighted by Crippen LogP contribution is -2.16. The molecule has 2 rings (SSSR count). The topological polar surface area (TPSA) is 116 Å². The van der Waals surface area contributed by atoms with E-state index in [0.29, 0.717) is 18.8 Å². The fourth-order valence-electron chi connectivity index (χ4n) is 1.58. The van der Waals surface area contributed by atoms with Gasteiger partial charge in [-0.25, -0.2) is 13.6 Å². The number of furan rings is 1. The summed E-state index contributed by atoms with van der Waals surface area (Å²) in [5.41, 5.74) is 0. The molecule has 104 valence electrons. The van der Waals surface area contributed by atoms with E-state index >= 15 is 0 Å². The van der Waals surface area contributed by atoms with E-state index in [4.69, 9.17) is 9.56 Å². The van der Waals surface area contributed by atoms with Crippen LogP contribution in [-0.2, 0) is 29.7 Å². The molecule has 0 bridgehead atoms. The van der Waals surface area contributed by atoms with Gasteiger partial charge < -0.3 is 14.3 Å². The Labute approximate surface area is 110 Å². The minimum atomic E-state index is -3.78. The van der Waals surface area contributed by atoms with Gasteiger partial charge in [-0.3, -0.25) is 0 Å². The van der Waals surface area contributed by atoms with Crippen LogP contribution in [0.1, 0.15) is 18.5 Å². The molecule has 0 saturated heterocycles. The maximum Gasteiger partial charge on any atom is 0.271 e. The van der Waals surface area contributed by atoms with Crippen molar-refractivity contribution in [2.24, 2.45) is 5.14 Å². The molecule has 0 fully saturated rings. The molecule has 0 amide bonds. The molecule has 2 aromatic rings. The lowest BCUT2D eigenvalue weighted by molar-refractivity contribution is 0.400. The minimum Gasteiger partial charge on any atom is -0.447 e. The van der Waals surface area contributed by atoms with E-state index in [1.54, 1.807) is 12.4 Å². The van der Waals surface area contributed by atoms with Crippen molar-refractivity contribution in [1.82, 2.24) is 20.1 Å². The van der Waals surface area contributed by atoms with Crippen molar-refractivity contribution in [1.29, 1.82) is 0 Å². The molecular formula is C10H15N5O3S. The van der Waals surface area contributed by atoms with Crippen molar-refractivity contribution in [3.8, 4) is 0 Å². The Balaban J connectivity index is 1.91. The molecule has 0 saturated carbocycles. The zero-order valence-electron chi connectivity index (χ0n) is 10.4. The Kier molecular flexibility index (Phi) is 3.98. The van der Waals surface area contributed by atoms with Crippen LogP contribution in [-0.4, -0.2) is 23.2 Å². The number of nitrogens with two attached hydrogens (primary N) is 1.